The first-order chi connectivity index (χ1) is 21.6. The number of carbonyl (C=O) groups is 2. The van der Waals surface area contributed by atoms with Crippen LogP contribution in [0.5, 0.6) is 0 Å². The number of esters is 2. The van der Waals surface area contributed by atoms with E-state index in [9.17, 15) is 14.7 Å². The number of hydrogen-bond donors (Lipinski definition) is 1. The van der Waals surface area contributed by atoms with E-state index in [-0.39, 0.29) is 25.2 Å². The van der Waals surface area contributed by atoms with Crippen LogP contribution >= 0.6 is 0 Å². The summed E-state index contributed by atoms with van der Waals surface area (Å²) in [7, 11) is 0. The van der Waals surface area contributed by atoms with Gasteiger partial charge in [0.1, 0.15) is 6.61 Å². The lowest BCUT2D eigenvalue weighted by atomic mass is 10.0. The van der Waals surface area contributed by atoms with Gasteiger partial charge in [0.15, 0.2) is 6.10 Å². The fourth-order valence-electron chi connectivity index (χ4n) is 5.33. The van der Waals surface area contributed by atoms with Crippen molar-refractivity contribution in [1.29, 1.82) is 0 Å². The summed E-state index contributed by atoms with van der Waals surface area (Å²) in [5.41, 5.74) is 0. The summed E-state index contributed by atoms with van der Waals surface area (Å²) < 4.78 is 10.6. The van der Waals surface area contributed by atoms with Gasteiger partial charge in [0, 0.05) is 12.8 Å². The molecule has 0 aliphatic heterocycles. The van der Waals surface area contributed by atoms with Gasteiger partial charge in [0.2, 0.25) is 0 Å². The fourth-order valence-corrected chi connectivity index (χ4v) is 5.33. The smallest absolute Gasteiger partial charge is 0.306 e. The highest BCUT2D eigenvalue weighted by Gasteiger charge is 2.16. The molecule has 0 bridgehead atoms. The van der Waals surface area contributed by atoms with E-state index in [2.05, 4.69) is 38.2 Å². The third kappa shape index (κ3) is 33.3. The van der Waals surface area contributed by atoms with Crippen molar-refractivity contribution in [1.82, 2.24) is 0 Å². The molecule has 0 radical (unpaired) electrons. The Morgan fingerprint density at radius 1 is 0.523 bits per heavy atom. The van der Waals surface area contributed by atoms with E-state index in [1.54, 1.807) is 0 Å². The molecule has 258 valence electrons. The number of carbonyl (C=O) groups excluding carboxylic acids is 2. The van der Waals surface area contributed by atoms with Crippen LogP contribution in [-0.4, -0.2) is 36.4 Å². The monoisotopic (exact) mass is 621 g/mol. The molecule has 0 aliphatic carbocycles. The highest BCUT2D eigenvalue weighted by molar-refractivity contribution is 5.70. The Labute approximate surface area is 273 Å². The van der Waals surface area contributed by atoms with Gasteiger partial charge < -0.3 is 14.6 Å². The van der Waals surface area contributed by atoms with Crippen molar-refractivity contribution in [2.75, 3.05) is 13.2 Å². The number of allylic oxidation sites excluding steroid dienone is 4. The highest BCUT2D eigenvalue weighted by Crippen LogP contribution is 2.14. The lowest BCUT2D eigenvalue weighted by Crippen LogP contribution is -2.28. The summed E-state index contributed by atoms with van der Waals surface area (Å²) in [5.74, 6) is -0.601. The zero-order valence-electron chi connectivity index (χ0n) is 29.2. The van der Waals surface area contributed by atoms with Crippen molar-refractivity contribution in [3.8, 4) is 0 Å². The average Bonchev–Trinajstić information content (AvgIpc) is 3.02. The van der Waals surface area contributed by atoms with Crippen LogP contribution < -0.4 is 0 Å². The maximum atomic E-state index is 12.1. The molecular formula is C39H72O5. The van der Waals surface area contributed by atoms with Gasteiger partial charge >= 0.3 is 11.9 Å². The van der Waals surface area contributed by atoms with Crippen LogP contribution in [0.15, 0.2) is 24.3 Å². The van der Waals surface area contributed by atoms with Crippen LogP contribution in [0.25, 0.3) is 0 Å². The van der Waals surface area contributed by atoms with Gasteiger partial charge in [-0.3, -0.25) is 9.59 Å². The summed E-state index contributed by atoms with van der Waals surface area (Å²) in [5, 5.41) is 9.53. The molecule has 1 atom stereocenters. The Bertz CT molecular complexity index is 671. The average molecular weight is 621 g/mol. The van der Waals surface area contributed by atoms with E-state index in [0.29, 0.717) is 12.8 Å². The van der Waals surface area contributed by atoms with Crippen LogP contribution in [0.4, 0.5) is 0 Å². The number of unbranched alkanes of at least 4 members (excludes halogenated alkanes) is 22. The van der Waals surface area contributed by atoms with E-state index >= 15 is 0 Å². The normalized spacial score (nSPS) is 12.3. The molecule has 0 heterocycles. The number of aliphatic hydroxyl groups is 1. The Morgan fingerprint density at radius 3 is 1.41 bits per heavy atom. The van der Waals surface area contributed by atoms with Crippen LogP contribution in [0, 0.1) is 0 Å². The lowest BCUT2D eigenvalue weighted by Gasteiger charge is -2.15. The molecule has 0 aromatic carbocycles. The first kappa shape index (κ1) is 42.4. The molecule has 0 aromatic heterocycles. The Morgan fingerprint density at radius 2 is 0.932 bits per heavy atom. The second-order valence-corrected chi connectivity index (χ2v) is 12.7. The minimum absolute atomic E-state index is 0.0693. The molecule has 1 N–H and O–H groups in total. The SMILES string of the molecule is CCCC/C=C/C/C=C/CCCCCCCC(=O)OC[C@H](CO)OC(=O)CCCCCCCCCCCCCCCCCC. The first-order valence-corrected chi connectivity index (χ1v) is 18.9. The standard InChI is InChI=1S/C39H72O5/c1-3-5-7-9-11-13-15-17-19-20-22-24-26-28-30-32-34-39(42)44-37(35-40)36-43-38(41)33-31-29-27-25-23-21-18-16-14-12-10-8-6-4-2/h10,12,16,18,37,40H,3-9,11,13-15,17,19-36H2,1-2H3/b12-10+,18-16+/t37-/m0/s1. The predicted octanol–water partition coefficient (Wildman–Crippen LogP) is 11.5. The number of hydrogen-bond acceptors (Lipinski definition) is 5. The third-order valence-corrected chi connectivity index (χ3v) is 8.25. The molecule has 5 heteroatoms. The zero-order valence-corrected chi connectivity index (χ0v) is 29.2. The van der Waals surface area contributed by atoms with Gasteiger partial charge in [-0.2, -0.15) is 0 Å². The Hall–Kier alpha value is -1.62. The summed E-state index contributed by atoms with van der Waals surface area (Å²) >= 11 is 0. The lowest BCUT2D eigenvalue weighted by molar-refractivity contribution is -0.161. The maximum Gasteiger partial charge on any atom is 0.306 e. The van der Waals surface area contributed by atoms with Gasteiger partial charge in [-0.25, -0.2) is 0 Å². The maximum absolute atomic E-state index is 12.1. The molecular weight excluding hydrogens is 548 g/mol. The minimum Gasteiger partial charge on any atom is -0.462 e. The molecule has 0 fully saturated rings. The quantitative estimate of drug-likeness (QED) is 0.0440. The van der Waals surface area contributed by atoms with E-state index in [4.69, 9.17) is 9.47 Å². The molecule has 0 rings (SSSR count). The zero-order chi connectivity index (χ0) is 32.2. The van der Waals surface area contributed by atoms with Gasteiger partial charge in [-0.05, 0) is 38.5 Å². The van der Waals surface area contributed by atoms with E-state index in [1.807, 2.05) is 0 Å². The van der Waals surface area contributed by atoms with Crippen LogP contribution in [0.2, 0.25) is 0 Å². The molecule has 0 amide bonds. The minimum atomic E-state index is -0.771. The van der Waals surface area contributed by atoms with Crippen molar-refractivity contribution < 1.29 is 24.2 Å². The van der Waals surface area contributed by atoms with Crippen molar-refractivity contribution in [2.45, 2.75) is 200 Å². The molecule has 0 saturated heterocycles. The topological polar surface area (TPSA) is 72.8 Å². The van der Waals surface area contributed by atoms with Gasteiger partial charge in [0.25, 0.3) is 0 Å². The molecule has 0 aliphatic rings. The molecule has 5 nitrogen and oxygen atoms in total. The Kier molecular flexibility index (Phi) is 34.5. The third-order valence-electron chi connectivity index (χ3n) is 8.25. The second kappa shape index (κ2) is 35.9. The first-order valence-electron chi connectivity index (χ1n) is 18.9. The predicted molar refractivity (Wildman–Crippen MR) is 187 cm³/mol. The van der Waals surface area contributed by atoms with Gasteiger partial charge in [0.05, 0.1) is 6.61 Å². The summed E-state index contributed by atoms with van der Waals surface area (Å²) in [6, 6.07) is 0. The van der Waals surface area contributed by atoms with Crippen LogP contribution in [0.3, 0.4) is 0 Å². The number of ether oxygens (including phenoxy) is 2. The molecule has 0 spiro atoms. The van der Waals surface area contributed by atoms with E-state index in [0.717, 1.165) is 51.4 Å². The Balaban J connectivity index is 3.55. The van der Waals surface area contributed by atoms with Gasteiger partial charge in [-0.1, -0.05) is 167 Å². The summed E-state index contributed by atoms with van der Waals surface area (Å²) in [4.78, 5) is 24.2. The fraction of sp³-hybridized carbons (Fsp3) is 0.846. The van der Waals surface area contributed by atoms with E-state index in [1.165, 1.54) is 116 Å². The van der Waals surface area contributed by atoms with E-state index < -0.39 is 6.10 Å². The van der Waals surface area contributed by atoms with Gasteiger partial charge in [-0.15, -0.1) is 0 Å². The van der Waals surface area contributed by atoms with Crippen LogP contribution in [0.1, 0.15) is 194 Å². The second-order valence-electron chi connectivity index (χ2n) is 12.7. The summed E-state index contributed by atoms with van der Waals surface area (Å²) in [6.45, 7) is 4.09. The highest BCUT2D eigenvalue weighted by atomic mass is 16.6. The van der Waals surface area contributed by atoms with Crippen molar-refractivity contribution in [2.24, 2.45) is 0 Å². The number of aliphatic hydroxyl groups excluding tert-OH is 1. The largest absolute Gasteiger partial charge is 0.462 e. The molecule has 0 saturated carbocycles. The van der Waals surface area contributed by atoms with Crippen molar-refractivity contribution in [3.05, 3.63) is 24.3 Å². The number of rotatable bonds is 34. The summed E-state index contributed by atoms with van der Waals surface area (Å²) in [6.07, 6.45) is 40.9. The molecule has 0 unspecified atom stereocenters. The molecule has 44 heavy (non-hydrogen) atoms. The van der Waals surface area contributed by atoms with Crippen molar-refractivity contribution in [3.63, 3.8) is 0 Å². The van der Waals surface area contributed by atoms with Crippen molar-refractivity contribution >= 4 is 11.9 Å². The van der Waals surface area contributed by atoms with Crippen LogP contribution in [-0.2, 0) is 19.1 Å². The molecule has 0 aromatic rings.